The van der Waals surface area contributed by atoms with Crippen LogP contribution in [0.2, 0.25) is 5.04 Å². The highest BCUT2D eigenvalue weighted by Gasteiger charge is 2.51. The van der Waals surface area contributed by atoms with E-state index < -0.39 is 25.4 Å². The number of anilines is 1. The van der Waals surface area contributed by atoms with Crippen LogP contribution in [0, 0.1) is 10.1 Å². The van der Waals surface area contributed by atoms with E-state index in [4.69, 9.17) is 9.16 Å². The number of pyridine rings is 1. The second-order valence-electron chi connectivity index (χ2n) is 9.22. The summed E-state index contributed by atoms with van der Waals surface area (Å²) in [5.74, 6) is -0.275. The molecule has 0 aliphatic carbocycles. The van der Waals surface area contributed by atoms with Gasteiger partial charge in [-0.05, 0) is 31.4 Å². The average Bonchev–Trinajstić information content (AvgIpc) is 3.20. The lowest BCUT2D eigenvalue weighted by Gasteiger charge is -2.43. The van der Waals surface area contributed by atoms with Crippen LogP contribution in [-0.4, -0.2) is 43.6 Å². The molecule has 0 spiro atoms. The van der Waals surface area contributed by atoms with Gasteiger partial charge in [-0.2, -0.15) is 0 Å². The van der Waals surface area contributed by atoms with Gasteiger partial charge in [-0.1, -0.05) is 81.4 Å². The first-order valence-electron chi connectivity index (χ1n) is 11.1. The van der Waals surface area contributed by atoms with Gasteiger partial charge in [0.1, 0.15) is 6.10 Å². The summed E-state index contributed by atoms with van der Waals surface area (Å²) in [7, 11) is -2.76. The van der Waals surface area contributed by atoms with Crippen LogP contribution in [0.15, 0.2) is 79.0 Å². The van der Waals surface area contributed by atoms with E-state index in [9.17, 15) is 14.9 Å². The number of nitrogens with zero attached hydrogens (tertiary/aromatic N) is 3. The van der Waals surface area contributed by atoms with Crippen LogP contribution >= 0.6 is 0 Å². The quantitative estimate of drug-likeness (QED) is 0.291. The maximum atomic E-state index is 12.6. The molecule has 9 heteroatoms. The lowest BCUT2D eigenvalue weighted by molar-refractivity contribution is -0.389. The second-order valence-corrected chi connectivity index (χ2v) is 13.5. The molecule has 1 aliphatic rings. The van der Waals surface area contributed by atoms with E-state index >= 15 is 0 Å². The standard InChI is InChI=1S/C25H27N3O5Si/c1-25(2,3)34(21-10-6-4-7-11-21,22-12-8-5-9-13-22)32-18-20-17-27(24(29)33-20)19-14-15-23(26-16-19)28(30)31/h4-16,20H,17-18H2,1-3H3/t20-/m1/s1. The smallest absolute Gasteiger partial charge is 0.414 e. The van der Waals surface area contributed by atoms with Crippen LogP contribution in [0.4, 0.5) is 16.3 Å². The summed E-state index contributed by atoms with van der Waals surface area (Å²) in [6, 6.07) is 23.3. The Morgan fingerprint density at radius 2 is 1.65 bits per heavy atom. The molecular formula is C25H27N3O5Si. The molecule has 4 rings (SSSR count). The van der Waals surface area contributed by atoms with Crippen LogP contribution in [0.25, 0.3) is 0 Å². The van der Waals surface area contributed by atoms with Crippen LogP contribution in [0.5, 0.6) is 0 Å². The highest BCUT2D eigenvalue weighted by molar-refractivity contribution is 6.99. The Hall–Kier alpha value is -3.56. The molecule has 1 atom stereocenters. The van der Waals surface area contributed by atoms with Gasteiger partial charge in [-0.3, -0.25) is 4.90 Å². The number of rotatable bonds is 7. The number of ether oxygens (including phenoxy) is 1. The summed E-state index contributed by atoms with van der Waals surface area (Å²) in [5.41, 5.74) is 0.448. The molecule has 1 saturated heterocycles. The lowest BCUT2D eigenvalue weighted by Crippen LogP contribution is -2.67. The fraction of sp³-hybridized carbons (Fsp3) is 0.280. The van der Waals surface area contributed by atoms with E-state index in [0.29, 0.717) is 5.69 Å². The molecule has 0 unspecified atom stereocenters. The van der Waals surface area contributed by atoms with Gasteiger partial charge >= 0.3 is 11.9 Å². The van der Waals surface area contributed by atoms with Crippen molar-refractivity contribution in [2.24, 2.45) is 0 Å². The second kappa shape index (κ2) is 9.36. The third kappa shape index (κ3) is 4.44. The van der Waals surface area contributed by atoms with E-state index in [2.05, 4.69) is 50.0 Å². The van der Waals surface area contributed by atoms with Gasteiger partial charge in [-0.15, -0.1) is 0 Å². The topological polar surface area (TPSA) is 94.8 Å². The predicted octanol–water partition coefficient (Wildman–Crippen LogP) is 3.89. The zero-order chi connectivity index (χ0) is 24.3. The van der Waals surface area contributed by atoms with Crippen LogP contribution < -0.4 is 15.3 Å². The van der Waals surface area contributed by atoms with E-state index in [1.54, 1.807) is 0 Å². The summed E-state index contributed by atoms with van der Waals surface area (Å²) in [6.07, 6.45) is 0.307. The normalized spacial score (nSPS) is 16.4. The molecule has 0 bridgehead atoms. The highest BCUT2D eigenvalue weighted by atomic mass is 28.4. The third-order valence-corrected chi connectivity index (χ3v) is 11.0. The molecule has 2 heterocycles. The zero-order valence-corrected chi connectivity index (χ0v) is 20.4. The summed E-state index contributed by atoms with van der Waals surface area (Å²) in [5, 5.41) is 13.0. The third-order valence-electron chi connectivity index (χ3n) is 6.01. The van der Waals surface area contributed by atoms with E-state index in [-0.39, 0.29) is 24.0 Å². The fourth-order valence-electron chi connectivity index (χ4n) is 4.44. The number of carbonyl (C=O) groups excluding carboxylic acids is 1. The Balaban J connectivity index is 1.60. The number of carbonyl (C=O) groups is 1. The van der Waals surface area contributed by atoms with Crippen LogP contribution in [0.3, 0.4) is 0 Å². The fourth-order valence-corrected chi connectivity index (χ4v) is 9.04. The van der Waals surface area contributed by atoms with Crippen molar-refractivity contribution in [3.05, 3.63) is 89.1 Å². The van der Waals surface area contributed by atoms with E-state index in [1.165, 1.54) is 23.2 Å². The Bertz CT molecular complexity index is 1110. The van der Waals surface area contributed by atoms with Gasteiger partial charge < -0.3 is 19.3 Å². The summed E-state index contributed by atoms with van der Waals surface area (Å²) < 4.78 is 12.5. The zero-order valence-electron chi connectivity index (χ0n) is 19.4. The van der Waals surface area contributed by atoms with Gasteiger partial charge in [0.2, 0.25) is 0 Å². The van der Waals surface area contributed by atoms with Crippen molar-refractivity contribution in [3.63, 3.8) is 0 Å². The molecule has 8 nitrogen and oxygen atoms in total. The number of nitro groups is 1. The monoisotopic (exact) mass is 477 g/mol. The molecule has 0 radical (unpaired) electrons. The molecule has 3 aromatic rings. The Morgan fingerprint density at radius 1 is 1.06 bits per heavy atom. The minimum Gasteiger partial charge on any atom is -0.442 e. The Labute approximate surface area is 199 Å². The predicted molar refractivity (Wildman–Crippen MR) is 132 cm³/mol. The highest BCUT2D eigenvalue weighted by Crippen LogP contribution is 2.37. The minimum atomic E-state index is -2.76. The van der Waals surface area contributed by atoms with E-state index in [0.717, 1.165) is 10.4 Å². The van der Waals surface area contributed by atoms with Gasteiger partial charge in [0.25, 0.3) is 8.32 Å². The SMILES string of the molecule is CC(C)(C)[Si](OC[C@H]1CN(c2ccc([N+](=O)[O-])nc2)C(=O)O1)(c1ccccc1)c1ccccc1. The molecule has 0 saturated carbocycles. The van der Waals surface area contributed by atoms with Crippen LogP contribution in [-0.2, 0) is 9.16 Å². The first-order valence-corrected chi connectivity index (χ1v) is 13.0. The molecule has 1 aromatic heterocycles. The first-order chi connectivity index (χ1) is 16.2. The molecular weight excluding hydrogens is 450 g/mol. The van der Waals surface area contributed by atoms with Crippen molar-refractivity contribution in [2.75, 3.05) is 18.1 Å². The van der Waals surface area contributed by atoms with Gasteiger partial charge in [0.05, 0.1) is 18.8 Å². The van der Waals surface area contributed by atoms with Gasteiger partial charge in [0.15, 0.2) is 6.20 Å². The number of benzene rings is 2. The number of hydrogen-bond acceptors (Lipinski definition) is 6. The van der Waals surface area contributed by atoms with Crippen molar-refractivity contribution < 1.29 is 18.9 Å². The van der Waals surface area contributed by atoms with Crippen molar-refractivity contribution in [2.45, 2.75) is 31.9 Å². The largest absolute Gasteiger partial charge is 0.442 e. The molecule has 34 heavy (non-hydrogen) atoms. The van der Waals surface area contributed by atoms with Crippen molar-refractivity contribution in [3.8, 4) is 0 Å². The van der Waals surface area contributed by atoms with Crippen molar-refractivity contribution >= 4 is 36.3 Å². The van der Waals surface area contributed by atoms with E-state index in [1.807, 2.05) is 36.4 Å². The average molecular weight is 478 g/mol. The lowest BCUT2D eigenvalue weighted by atomic mass is 10.2. The summed E-state index contributed by atoms with van der Waals surface area (Å²) >= 11 is 0. The summed E-state index contributed by atoms with van der Waals surface area (Å²) in [6.45, 7) is 7.07. The molecule has 1 fully saturated rings. The molecule has 1 aliphatic heterocycles. The number of amides is 1. The molecule has 176 valence electrons. The molecule has 2 aromatic carbocycles. The van der Waals surface area contributed by atoms with Crippen molar-refractivity contribution in [1.29, 1.82) is 0 Å². The maximum absolute atomic E-state index is 12.6. The van der Waals surface area contributed by atoms with Crippen molar-refractivity contribution in [1.82, 2.24) is 4.98 Å². The molecule has 0 N–H and O–H groups in total. The minimum absolute atomic E-state index is 0.194. The van der Waals surface area contributed by atoms with Crippen LogP contribution in [0.1, 0.15) is 20.8 Å². The Kier molecular flexibility index (Phi) is 6.49. The summed E-state index contributed by atoms with van der Waals surface area (Å²) in [4.78, 5) is 28.1. The first kappa shape index (κ1) is 23.6. The number of hydrogen-bond donors (Lipinski definition) is 0. The van der Waals surface area contributed by atoms with Gasteiger partial charge in [-0.25, -0.2) is 4.79 Å². The maximum Gasteiger partial charge on any atom is 0.414 e. The van der Waals surface area contributed by atoms with Gasteiger partial charge in [0, 0.05) is 6.07 Å². The number of aromatic nitrogens is 1. The Morgan fingerprint density at radius 3 is 2.12 bits per heavy atom. The number of cyclic esters (lactones) is 1. The molecule has 1 amide bonds.